The second-order valence-corrected chi connectivity index (χ2v) is 8.79. The van der Waals surface area contributed by atoms with Crippen LogP contribution in [-0.4, -0.2) is 19.3 Å². The van der Waals surface area contributed by atoms with Gasteiger partial charge in [0.05, 0.1) is 13.2 Å². The lowest BCUT2D eigenvalue weighted by molar-refractivity contribution is 0.000800. The quantitative estimate of drug-likeness (QED) is 0.474. The zero-order valence-corrected chi connectivity index (χ0v) is 18.1. The molecule has 3 aromatic rings. The molecular formula is C27H31NO2. The molecule has 5 rings (SSSR count). The van der Waals surface area contributed by atoms with Gasteiger partial charge in [0.15, 0.2) is 0 Å². The number of nitrogens with zero attached hydrogens (tertiary/aromatic N) is 1. The number of hydrogen-bond donors (Lipinski definition) is 0. The largest absolute Gasteiger partial charge is 0.497 e. The molecule has 156 valence electrons. The average molecular weight is 402 g/mol. The van der Waals surface area contributed by atoms with E-state index in [1.807, 2.05) is 0 Å². The molecule has 3 nitrogen and oxygen atoms in total. The molecule has 1 saturated carbocycles. The minimum atomic E-state index is -0.0491. The van der Waals surface area contributed by atoms with Crippen molar-refractivity contribution < 1.29 is 9.47 Å². The van der Waals surface area contributed by atoms with Gasteiger partial charge in [0.2, 0.25) is 0 Å². The molecule has 0 N–H and O–H groups in total. The molecule has 1 aliphatic carbocycles. The number of anilines is 1. The predicted molar refractivity (Wildman–Crippen MR) is 124 cm³/mol. The van der Waals surface area contributed by atoms with Crippen molar-refractivity contribution in [2.24, 2.45) is 0 Å². The van der Waals surface area contributed by atoms with Crippen LogP contribution in [0.2, 0.25) is 0 Å². The summed E-state index contributed by atoms with van der Waals surface area (Å²) in [6, 6.07) is 22.2. The fraction of sp³-hybridized carbons (Fsp3) is 0.407. The van der Waals surface area contributed by atoms with E-state index in [1.165, 1.54) is 41.3 Å². The Morgan fingerprint density at radius 1 is 0.967 bits per heavy atom. The first kappa shape index (κ1) is 19.3. The molecule has 0 aromatic heterocycles. The van der Waals surface area contributed by atoms with E-state index in [0.29, 0.717) is 6.04 Å². The molecule has 1 spiro atoms. The Morgan fingerprint density at radius 3 is 2.53 bits per heavy atom. The van der Waals surface area contributed by atoms with Gasteiger partial charge in [0.1, 0.15) is 17.1 Å². The maximum atomic E-state index is 6.73. The van der Waals surface area contributed by atoms with Gasteiger partial charge in [-0.15, -0.1) is 0 Å². The molecule has 3 heteroatoms. The molecule has 0 amide bonds. The number of hydrogen-bond acceptors (Lipinski definition) is 3. The molecule has 1 aliphatic heterocycles. The van der Waals surface area contributed by atoms with Crippen LogP contribution >= 0.6 is 0 Å². The van der Waals surface area contributed by atoms with Crippen LogP contribution in [0.3, 0.4) is 0 Å². The van der Waals surface area contributed by atoms with Gasteiger partial charge < -0.3 is 14.4 Å². The van der Waals surface area contributed by atoms with Gasteiger partial charge in [-0.25, -0.2) is 0 Å². The Morgan fingerprint density at radius 2 is 1.77 bits per heavy atom. The van der Waals surface area contributed by atoms with Crippen LogP contribution in [0.15, 0.2) is 60.7 Å². The Kier molecular flexibility index (Phi) is 5.06. The van der Waals surface area contributed by atoms with Crippen molar-refractivity contribution in [3.05, 3.63) is 66.2 Å². The molecule has 1 unspecified atom stereocenters. The van der Waals surface area contributed by atoms with E-state index in [2.05, 4.69) is 72.5 Å². The molecule has 0 bridgehead atoms. The highest BCUT2D eigenvalue weighted by molar-refractivity contribution is 5.86. The number of ether oxygens (including phenoxy) is 2. The standard InChI is InChI=1S/C27H31NO2/c1-3-28(22-12-11-20-9-5-6-10-21(20)17-22)25-19-27(15-7-4-8-16-27)30-26-18-23(29-2)13-14-24(25)26/h5-6,9-14,17-18,25H,3-4,7-8,15-16,19H2,1-2H3. The van der Waals surface area contributed by atoms with Crippen LogP contribution in [0.5, 0.6) is 11.5 Å². The van der Waals surface area contributed by atoms with Gasteiger partial charge in [0, 0.05) is 30.3 Å². The Balaban J connectivity index is 1.59. The summed E-state index contributed by atoms with van der Waals surface area (Å²) in [7, 11) is 1.73. The molecule has 0 radical (unpaired) electrons. The molecular weight excluding hydrogens is 370 g/mol. The molecule has 0 saturated heterocycles. The Bertz CT molecular complexity index is 1040. The van der Waals surface area contributed by atoms with Crippen LogP contribution in [0.1, 0.15) is 57.1 Å². The molecule has 1 fully saturated rings. The van der Waals surface area contributed by atoms with Gasteiger partial charge in [-0.2, -0.15) is 0 Å². The lowest BCUT2D eigenvalue weighted by atomic mass is 9.76. The first-order chi connectivity index (χ1) is 14.7. The van der Waals surface area contributed by atoms with Crippen molar-refractivity contribution in [2.45, 2.75) is 57.1 Å². The lowest BCUT2D eigenvalue weighted by Crippen LogP contribution is -2.46. The number of rotatable bonds is 4. The van der Waals surface area contributed by atoms with Crippen molar-refractivity contribution in [1.82, 2.24) is 0 Å². The Hall–Kier alpha value is -2.68. The van der Waals surface area contributed by atoms with Crippen molar-refractivity contribution in [3.8, 4) is 11.5 Å². The maximum Gasteiger partial charge on any atom is 0.129 e. The van der Waals surface area contributed by atoms with Crippen molar-refractivity contribution in [2.75, 3.05) is 18.6 Å². The van der Waals surface area contributed by atoms with E-state index in [9.17, 15) is 0 Å². The van der Waals surface area contributed by atoms with Gasteiger partial charge in [-0.05, 0) is 67.6 Å². The first-order valence-corrected chi connectivity index (χ1v) is 11.3. The lowest BCUT2D eigenvalue weighted by Gasteiger charge is -2.48. The van der Waals surface area contributed by atoms with E-state index < -0.39 is 0 Å². The summed E-state index contributed by atoms with van der Waals surface area (Å²) in [6.45, 7) is 3.23. The number of benzene rings is 3. The van der Waals surface area contributed by atoms with Crippen LogP contribution < -0.4 is 14.4 Å². The van der Waals surface area contributed by atoms with Crippen LogP contribution in [0.25, 0.3) is 10.8 Å². The van der Waals surface area contributed by atoms with E-state index in [-0.39, 0.29) is 5.60 Å². The van der Waals surface area contributed by atoms with Gasteiger partial charge in [0.25, 0.3) is 0 Å². The zero-order valence-electron chi connectivity index (χ0n) is 18.1. The summed E-state index contributed by atoms with van der Waals surface area (Å²) in [5.74, 6) is 1.88. The van der Waals surface area contributed by atoms with Crippen LogP contribution in [-0.2, 0) is 0 Å². The fourth-order valence-electron chi connectivity index (χ4n) is 5.46. The van der Waals surface area contributed by atoms with Gasteiger partial charge in [-0.1, -0.05) is 36.8 Å². The third-order valence-corrected chi connectivity index (χ3v) is 7.02. The highest BCUT2D eigenvalue weighted by atomic mass is 16.5. The summed E-state index contributed by atoms with van der Waals surface area (Å²) < 4.78 is 12.2. The Labute approximate surface area is 179 Å². The molecule has 3 aromatic carbocycles. The fourth-order valence-corrected chi connectivity index (χ4v) is 5.46. The smallest absolute Gasteiger partial charge is 0.129 e. The summed E-state index contributed by atoms with van der Waals surface area (Å²) in [4.78, 5) is 2.57. The molecule has 1 heterocycles. The maximum absolute atomic E-state index is 6.73. The monoisotopic (exact) mass is 401 g/mol. The number of fused-ring (bicyclic) bond motifs is 2. The molecule has 30 heavy (non-hydrogen) atoms. The second kappa shape index (κ2) is 7.86. The van der Waals surface area contributed by atoms with Crippen LogP contribution in [0.4, 0.5) is 5.69 Å². The minimum absolute atomic E-state index is 0.0491. The SMILES string of the molecule is CCN(c1ccc2ccccc2c1)C1CC2(CCCCC2)Oc2cc(OC)ccc21. The van der Waals surface area contributed by atoms with E-state index in [1.54, 1.807) is 7.11 Å². The van der Waals surface area contributed by atoms with E-state index in [4.69, 9.17) is 9.47 Å². The highest BCUT2D eigenvalue weighted by Gasteiger charge is 2.43. The predicted octanol–water partition coefficient (Wildman–Crippen LogP) is 6.90. The van der Waals surface area contributed by atoms with Crippen LogP contribution in [0, 0.1) is 0 Å². The minimum Gasteiger partial charge on any atom is -0.497 e. The summed E-state index contributed by atoms with van der Waals surface area (Å²) >= 11 is 0. The summed E-state index contributed by atoms with van der Waals surface area (Å²) in [5.41, 5.74) is 2.52. The topological polar surface area (TPSA) is 21.7 Å². The number of methoxy groups -OCH3 is 1. The first-order valence-electron chi connectivity index (χ1n) is 11.3. The van der Waals surface area contributed by atoms with Gasteiger partial charge >= 0.3 is 0 Å². The zero-order chi connectivity index (χ0) is 20.6. The van der Waals surface area contributed by atoms with E-state index in [0.717, 1.165) is 37.3 Å². The summed E-state index contributed by atoms with van der Waals surface area (Å²) in [6.07, 6.45) is 7.18. The summed E-state index contributed by atoms with van der Waals surface area (Å²) in [5, 5.41) is 2.58. The van der Waals surface area contributed by atoms with Crippen molar-refractivity contribution in [1.29, 1.82) is 0 Å². The third kappa shape index (κ3) is 3.40. The molecule has 2 aliphatic rings. The van der Waals surface area contributed by atoms with Gasteiger partial charge in [-0.3, -0.25) is 0 Å². The molecule has 1 atom stereocenters. The second-order valence-electron chi connectivity index (χ2n) is 8.79. The average Bonchev–Trinajstić information content (AvgIpc) is 2.79. The normalized spacial score (nSPS) is 19.9. The van der Waals surface area contributed by atoms with Crippen molar-refractivity contribution in [3.63, 3.8) is 0 Å². The van der Waals surface area contributed by atoms with Crippen molar-refractivity contribution >= 4 is 16.5 Å². The highest BCUT2D eigenvalue weighted by Crippen LogP contribution is 2.50. The third-order valence-electron chi connectivity index (χ3n) is 7.02. The van der Waals surface area contributed by atoms with E-state index >= 15 is 0 Å².